The zero-order valence-corrected chi connectivity index (χ0v) is 12.2. The van der Waals surface area contributed by atoms with E-state index >= 15 is 0 Å². The van der Waals surface area contributed by atoms with Crippen molar-refractivity contribution >= 4 is 17.3 Å². The summed E-state index contributed by atoms with van der Waals surface area (Å²) in [6.07, 6.45) is 2.31. The molecule has 0 saturated carbocycles. The van der Waals surface area contributed by atoms with Gasteiger partial charge in [0, 0.05) is 36.6 Å². The van der Waals surface area contributed by atoms with Crippen molar-refractivity contribution in [2.45, 2.75) is 32.8 Å². The molecule has 0 spiro atoms. The van der Waals surface area contributed by atoms with Crippen LogP contribution in [-0.4, -0.2) is 36.5 Å². The van der Waals surface area contributed by atoms with Gasteiger partial charge in [-0.2, -0.15) is 0 Å². The van der Waals surface area contributed by atoms with Gasteiger partial charge in [0.2, 0.25) is 5.91 Å². The second-order valence-corrected chi connectivity index (χ2v) is 5.40. The molecule has 2 rings (SSSR count). The predicted octanol–water partition coefficient (Wildman–Crippen LogP) is 2.09. The predicted molar refractivity (Wildman–Crippen MR) is 80.9 cm³/mol. The van der Waals surface area contributed by atoms with Crippen LogP contribution in [0.2, 0.25) is 0 Å². The Balaban J connectivity index is 1.94. The zero-order chi connectivity index (χ0) is 14.5. The quantitative estimate of drug-likeness (QED) is 0.809. The fraction of sp³-hybridized carbons (Fsp3) is 0.533. The molecule has 1 amide bonds. The van der Waals surface area contributed by atoms with Crippen molar-refractivity contribution in [2.24, 2.45) is 0 Å². The van der Waals surface area contributed by atoms with Crippen LogP contribution >= 0.6 is 0 Å². The number of nitrogen functional groups attached to an aromatic ring is 1. The molecule has 20 heavy (non-hydrogen) atoms. The molecule has 3 N–H and O–H groups in total. The minimum atomic E-state index is 0.0934. The average molecular weight is 277 g/mol. The minimum absolute atomic E-state index is 0.0934. The van der Waals surface area contributed by atoms with Gasteiger partial charge in [-0.05, 0) is 32.8 Å². The summed E-state index contributed by atoms with van der Waals surface area (Å²) in [7, 11) is 0. The Hall–Kier alpha value is -1.91. The summed E-state index contributed by atoms with van der Waals surface area (Å²) >= 11 is 0. The molecule has 5 heteroatoms. The van der Waals surface area contributed by atoms with E-state index in [1.807, 2.05) is 30.9 Å². The van der Waals surface area contributed by atoms with E-state index in [0.29, 0.717) is 12.2 Å². The number of nitrogens with two attached hydrogens (primary N) is 1. The van der Waals surface area contributed by atoms with Gasteiger partial charge in [-0.25, -0.2) is 0 Å². The van der Waals surface area contributed by atoms with Crippen molar-refractivity contribution in [3.05, 3.63) is 18.2 Å². The molecule has 0 unspecified atom stereocenters. The molecule has 0 radical (unpaired) electrons. The van der Waals surface area contributed by atoms with Crippen LogP contribution < -0.4 is 15.8 Å². The van der Waals surface area contributed by atoms with Crippen LogP contribution in [0.5, 0.6) is 5.75 Å². The normalized spacial score (nSPS) is 14.7. The Morgan fingerprint density at radius 2 is 2.05 bits per heavy atom. The van der Waals surface area contributed by atoms with Crippen LogP contribution in [0, 0.1) is 0 Å². The average Bonchev–Trinajstić information content (AvgIpc) is 2.88. The highest BCUT2D eigenvalue weighted by Crippen LogP contribution is 2.23. The van der Waals surface area contributed by atoms with Crippen molar-refractivity contribution in [1.29, 1.82) is 0 Å². The van der Waals surface area contributed by atoms with Gasteiger partial charge >= 0.3 is 0 Å². The Kier molecular flexibility index (Phi) is 4.71. The number of ether oxygens (including phenoxy) is 1. The number of benzene rings is 1. The fourth-order valence-electron chi connectivity index (χ4n) is 2.32. The Morgan fingerprint density at radius 3 is 2.70 bits per heavy atom. The van der Waals surface area contributed by atoms with Crippen LogP contribution in [0.1, 0.15) is 26.7 Å². The molecule has 1 fully saturated rings. The molecule has 1 aromatic carbocycles. The molecular formula is C15H23N3O2. The SMILES string of the molecule is CC(C)Oc1cc(N)cc(NCC(=O)N2CCCC2)c1. The molecule has 5 nitrogen and oxygen atoms in total. The molecule has 0 aliphatic carbocycles. The smallest absolute Gasteiger partial charge is 0.241 e. The number of carbonyl (C=O) groups is 1. The molecule has 1 aliphatic heterocycles. The molecular weight excluding hydrogens is 254 g/mol. The molecule has 0 aromatic heterocycles. The standard InChI is InChI=1S/C15H23N3O2/c1-11(2)20-14-8-12(16)7-13(9-14)17-10-15(19)18-5-3-4-6-18/h7-9,11,17H,3-6,10,16H2,1-2H3. The highest BCUT2D eigenvalue weighted by molar-refractivity contribution is 5.81. The molecule has 1 aliphatic rings. The summed E-state index contributed by atoms with van der Waals surface area (Å²) in [5, 5.41) is 3.12. The number of carbonyl (C=O) groups excluding carboxylic acids is 1. The number of nitrogens with one attached hydrogen (secondary N) is 1. The summed E-state index contributed by atoms with van der Waals surface area (Å²) in [4.78, 5) is 13.9. The lowest BCUT2D eigenvalue weighted by molar-refractivity contribution is -0.128. The molecule has 0 bridgehead atoms. The Bertz CT molecular complexity index is 468. The van der Waals surface area contributed by atoms with Crippen molar-refractivity contribution in [3.63, 3.8) is 0 Å². The minimum Gasteiger partial charge on any atom is -0.491 e. The summed E-state index contributed by atoms with van der Waals surface area (Å²) in [5.41, 5.74) is 7.29. The first-order valence-corrected chi connectivity index (χ1v) is 7.13. The molecule has 1 heterocycles. The van der Waals surface area contributed by atoms with E-state index in [9.17, 15) is 4.79 Å². The summed E-state index contributed by atoms with van der Waals surface area (Å²) in [6.45, 7) is 5.98. The molecule has 1 saturated heterocycles. The van der Waals surface area contributed by atoms with Crippen LogP contribution in [0.25, 0.3) is 0 Å². The topological polar surface area (TPSA) is 67.6 Å². The lowest BCUT2D eigenvalue weighted by Crippen LogP contribution is -2.32. The van der Waals surface area contributed by atoms with Gasteiger partial charge in [-0.1, -0.05) is 0 Å². The van der Waals surface area contributed by atoms with Crippen molar-refractivity contribution in [1.82, 2.24) is 4.90 Å². The third-order valence-electron chi connectivity index (χ3n) is 3.20. The van der Waals surface area contributed by atoms with E-state index in [0.717, 1.165) is 37.4 Å². The maximum Gasteiger partial charge on any atom is 0.241 e. The highest BCUT2D eigenvalue weighted by atomic mass is 16.5. The van der Waals surface area contributed by atoms with Crippen molar-refractivity contribution in [2.75, 3.05) is 30.7 Å². The van der Waals surface area contributed by atoms with E-state index < -0.39 is 0 Å². The van der Waals surface area contributed by atoms with E-state index in [1.165, 1.54) is 0 Å². The van der Waals surface area contributed by atoms with E-state index in [1.54, 1.807) is 6.07 Å². The van der Waals surface area contributed by atoms with Gasteiger partial charge in [0.05, 0.1) is 12.6 Å². The van der Waals surface area contributed by atoms with Crippen LogP contribution in [0.4, 0.5) is 11.4 Å². The number of rotatable bonds is 5. The first-order chi connectivity index (χ1) is 9.54. The summed E-state index contributed by atoms with van der Waals surface area (Å²) < 4.78 is 5.63. The number of hydrogen-bond donors (Lipinski definition) is 2. The third kappa shape index (κ3) is 4.05. The second kappa shape index (κ2) is 6.50. The molecule has 0 atom stereocenters. The largest absolute Gasteiger partial charge is 0.491 e. The lowest BCUT2D eigenvalue weighted by Gasteiger charge is -2.17. The van der Waals surface area contributed by atoms with E-state index in [-0.39, 0.29) is 12.0 Å². The van der Waals surface area contributed by atoms with Gasteiger partial charge in [0.1, 0.15) is 5.75 Å². The number of anilines is 2. The van der Waals surface area contributed by atoms with E-state index in [2.05, 4.69) is 5.32 Å². The number of nitrogens with zero attached hydrogens (tertiary/aromatic N) is 1. The van der Waals surface area contributed by atoms with Crippen molar-refractivity contribution in [3.8, 4) is 5.75 Å². The fourth-order valence-corrected chi connectivity index (χ4v) is 2.32. The first-order valence-electron chi connectivity index (χ1n) is 7.13. The maximum absolute atomic E-state index is 12.0. The van der Waals surface area contributed by atoms with Gasteiger partial charge in [-0.15, -0.1) is 0 Å². The van der Waals surface area contributed by atoms with Crippen molar-refractivity contribution < 1.29 is 9.53 Å². The first kappa shape index (κ1) is 14.5. The van der Waals surface area contributed by atoms with Gasteiger partial charge in [0.25, 0.3) is 0 Å². The Labute approximate surface area is 120 Å². The number of hydrogen-bond acceptors (Lipinski definition) is 4. The van der Waals surface area contributed by atoms with E-state index in [4.69, 9.17) is 10.5 Å². The lowest BCUT2D eigenvalue weighted by atomic mass is 10.2. The molecule has 1 aromatic rings. The van der Waals surface area contributed by atoms with Gasteiger partial charge in [0.15, 0.2) is 0 Å². The third-order valence-corrected chi connectivity index (χ3v) is 3.20. The molecule has 110 valence electrons. The number of likely N-dealkylation sites (tertiary alicyclic amines) is 1. The summed E-state index contributed by atoms with van der Waals surface area (Å²) in [5.74, 6) is 0.854. The monoisotopic (exact) mass is 277 g/mol. The highest BCUT2D eigenvalue weighted by Gasteiger charge is 2.17. The van der Waals surface area contributed by atoms with Crippen LogP contribution in [0.3, 0.4) is 0 Å². The second-order valence-electron chi connectivity index (χ2n) is 5.40. The van der Waals surface area contributed by atoms with Gasteiger partial charge in [-0.3, -0.25) is 4.79 Å². The maximum atomic E-state index is 12.0. The van der Waals surface area contributed by atoms with Gasteiger partial charge < -0.3 is 20.7 Å². The van der Waals surface area contributed by atoms with Crippen LogP contribution in [0.15, 0.2) is 18.2 Å². The van der Waals surface area contributed by atoms with Crippen LogP contribution in [-0.2, 0) is 4.79 Å². The summed E-state index contributed by atoms with van der Waals surface area (Å²) in [6, 6.07) is 5.46. The zero-order valence-electron chi connectivity index (χ0n) is 12.2. The number of amides is 1. The Morgan fingerprint density at radius 1 is 1.35 bits per heavy atom.